The number of nitrogens with zero attached hydrogens (tertiary/aromatic N) is 2. The van der Waals surface area contributed by atoms with E-state index in [1.54, 1.807) is 0 Å². The summed E-state index contributed by atoms with van der Waals surface area (Å²) in [6.45, 7) is 3.64. The van der Waals surface area contributed by atoms with Crippen LogP contribution in [0.4, 0.5) is 0 Å². The van der Waals surface area contributed by atoms with Crippen LogP contribution in [0, 0.1) is 6.92 Å². The van der Waals surface area contributed by atoms with E-state index in [2.05, 4.69) is 27.2 Å². The van der Waals surface area contributed by atoms with Crippen molar-refractivity contribution in [2.45, 2.75) is 50.7 Å². The molecule has 1 atom stereocenters. The van der Waals surface area contributed by atoms with Crippen molar-refractivity contribution in [1.29, 1.82) is 0 Å². The van der Waals surface area contributed by atoms with Gasteiger partial charge in [0.05, 0.1) is 5.60 Å². The third-order valence-corrected chi connectivity index (χ3v) is 5.22. The van der Waals surface area contributed by atoms with Gasteiger partial charge < -0.3 is 14.6 Å². The minimum absolute atomic E-state index is 0.155. The van der Waals surface area contributed by atoms with Crippen LogP contribution in [-0.4, -0.2) is 46.4 Å². The maximum Gasteiger partial charge on any atom is 0.227 e. The third-order valence-electron chi connectivity index (χ3n) is 4.24. The number of aryl methyl sites for hydroxylation is 1. The minimum Gasteiger partial charge on any atom is -0.375 e. The highest BCUT2D eigenvalue weighted by molar-refractivity contribution is 7.99. The number of aromatic nitrogens is 2. The summed E-state index contributed by atoms with van der Waals surface area (Å²) in [6.07, 6.45) is 5.48. The molecule has 2 aliphatic heterocycles. The molecule has 0 amide bonds. The normalized spacial score (nSPS) is 25.9. The van der Waals surface area contributed by atoms with E-state index in [1.807, 2.05) is 6.92 Å². The number of rotatable bonds is 4. The minimum atomic E-state index is 0.155. The van der Waals surface area contributed by atoms with Crippen molar-refractivity contribution >= 4 is 11.8 Å². The molecule has 1 N–H and O–H groups in total. The van der Waals surface area contributed by atoms with Crippen molar-refractivity contribution in [3.63, 3.8) is 0 Å². The SMILES string of the molecule is Cc1noc(CCNC2CCOC3(CCSCC3)C2)n1. The first kappa shape index (κ1) is 14.4. The van der Waals surface area contributed by atoms with Gasteiger partial charge in [-0.05, 0) is 44.1 Å². The van der Waals surface area contributed by atoms with Crippen LogP contribution in [0.5, 0.6) is 0 Å². The van der Waals surface area contributed by atoms with Crippen molar-refractivity contribution in [2.24, 2.45) is 0 Å². The molecule has 5 nitrogen and oxygen atoms in total. The Kier molecular flexibility index (Phi) is 4.63. The van der Waals surface area contributed by atoms with E-state index >= 15 is 0 Å². The van der Waals surface area contributed by atoms with Crippen LogP contribution in [0.2, 0.25) is 0 Å². The lowest BCUT2D eigenvalue weighted by atomic mass is 9.85. The highest BCUT2D eigenvalue weighted by atomic mass is 32.2. The molecule has 0 bridgehead atoms. The lowest BCUT2D eigenvalue weighted by Crippen LogP contribution is -2.49. The molecule has 1 spiro atoms. The van der Waals surface area contributed by atoms with E-state index in [1.165, 1.54) is 24.3 Å². The highest BCUT2D eigenvalue weighted by Gasteiger charge is 2.38. The summed E-state index contributed by atoms with van der Waals surface area (Å²) in [5.74, 6) is 3.93. The van der Waals surface area contributed by atoms with Crippen molar-refractivity contribution in [1.82, 2.24) is 15.5 Å². The van der Waals surface area contributed by atoms with Gasteiger partial charge in [-0.25, -0.2) is 0 Å². The van der Waals surface area contributed by atoms with Gasteiger partial charge in [-0.3, -0.25) is 0 Å². The van der Waals surface area contributed by atoms with Gasteiger partial charge in [0.15, 0.2) is 5.82 Å². The van der Waals surface area contributed by atoms with E-state index in [-0.39, 0.29) is 5.60 Å². The summed E-state index contributed by atoms with van der Waals surface area (Å²) in [7, 11) is 0. The number of thioether (sulfide) groups is 1. The Bertz CT molecular complexity index is 426. The fraction of sp³-hybridized carbons (Fsp3) is 0.857. The number of hydrogen-bond acceptors (Lipinski definition) is 6. The van der Waals surface area contributed by atoms with Gasteiger partial charge in [0, 0.05) is 25.6 Å². The van der Waals surface area contributed by atoms with Crippen LogP contribution < -0.4 is 5.32 Å². The van der Waals surface area contributed by atoms with Crippen LogP contribution in [0.1, 0.15) is 37.4 Å². The zero-order valence-electron chi connectivity index (χ0n) is 12.1. The molecule has 0 saturated carbocycles. The Morgan fingerprint density at radius 2 is 2.25 bits per heavy atom. The quantitative estimate of drug-likeness (QED) is 0.916. The maximum atomic E-state index is 6.11. The average molecular weight is 297 g/mol. The molecule has 1 aromatic rings. The Morgan fingerprint density at radius 1 is 1.40 bits per heavy atom. The first-order chi connectivity index (χ1) is 9.76. The van der Waals surface area contributed by atoms with E-state index in [9.17, 15) is 0 Å². The average Bonchev–Trinajstić information content (AvgIpc) is 2.86. The van der Waals surface area contributed by atoms with Gasteiger partial charge in [-0.1, -0.05) is 5.16 Å². The standard InChI is InChI=1S/C14H23N3O2S/c1-11-16-13(19-17-11)2-6-15-12-3-7-18-14(10-12)4-8-20-9-5-14/h12,15H,2-10H2,1H3. The van der Waals surface area contributed by atoms with Crippen LogP contribution in [-0.2, 0) is 11.2 Å². The first-order valence-corrected chi connectivity index (χ1v) is 8.66. The third kappa shape index (κ3) is 3.54. The van der Waals surface area contributed by atoms with Gasteiger partial charge in [-0.2, -0.15) is 16.7 Å². The molecule has 2 aliphatic rings. The van der Waals surface area contributed by atoms with Crippen LogP contribution in [0.25, 0.3) is 0 Å². The fourth-order valence-electron chi connectivity index (χ4n) is 3.12. The smallest absolute Gasteiger partial charge is 0.227 e. The van der Waals surface area contributed by atoms with Crippen molar-refractivity contribution in [2.75, 3.05) is 24.7 Å². The molecular weight excluding hydrogens is 274 g/mol. The summed E-state index contributed by atoms with van der Waals surface area (Å²) >= 11 is 2.05. The molecular formula is C14H23N3O2S. The second-order valence-corrected chi connectivity index (χ2v) is 7.00. The Balaban J connectivity index is 1.45. The van der Waals surface area contributed by atoms with Gasteiger partial charge >= 0.3 is 0 Å². The monoisotopic (exact) mass is 297 g/mol. The Hall–Kier alpha value is -0.590. The predicted molar refractivity (Wildman–Crippen MR) is 79.0 cm³/mol. The van der Waals surface area contributed by atoms with Gasteiger partial charge in [0.1, 0.15) is 0 Å². The van der Waals surface area contributed by atoms with Crippen molar-refractivity contribution in [3.8, 4) is 0 Å². The topological polar surface area (TPSA) is 60.2 Å². The number of nitrogens with one attached hydrogen (secondary N) is 1. The molecule has 3 heterocycles. The van der Waals surface area contributed by atoms with Gasteiger partial charge in [-0.15, -0.1) is 0 Å². The second-order valence-electron chi connectivity index (χ2n) is 5.77. The van der Waals surface area contributed by atoms with Gasteiger partial charge in [0.25, 0.3) is 0 Å². The summed E-state index contributed by atoms with van der Waals surface area (Å²) < 4.78 is 11.2. The lowest BCUT2D eigenvalue weighted by Gasteiger charge is -2.43. The van der Waals surface area contributed by atoms with Crippen molar-refractivity contribution in [3.05, 3.63) is 11.7 Å². The molecule has 1 unspecified atom stereocenters. The van der Waals surface area contributed by atoms with E-state index in [0.29, 0.717) is 11.9 Å². The zero-order chi connectivity index (χ0) is 13.8. The molecule has 2 saturated heterocycles. The van der Waals surface area contributed by atoms with E-state index in [4.69, 9.17) is 9.26 Å². The van der Waals surface area contributed by atoms with Crippen LogP contribution in [0.3, 0.4) is 0 Å². The molecule has 0 aliphatic carbocycles. The largest absolute Gasteiger partial charge is 0.375 e. The summed E-state index contributed by atoms with van der Waals surface area (Å²) in [4.78, 5) is 4.23. The molecule has 2 fully saturated rings. The van der Waals surface area contributed by atoms with Crippen LogP contribution >= 0.6 is 11.8 Å². The molecule has 0 radical (unpaired) electrons. The summed E-state index contributed by atoms with van der Waals surface area (Å²) in [6, 6.07) is 0.566. The molecule has 20 heavy (non-hydrogen) atoms. The first-order valence-electron chi connectivity index (χ1n) is 7.50. The van der Waals surface area contributed by atoms with E-state index < -0.39 is 0 Å². The molecule has 0 aromatic carbocycles. The predicted octanol–water partition coefficient (Wildman–Crippen LogP) is 1.95. The molecule has 1 aromatic heterocycles. The summed E-state index contributed by atoms with van der Waals surface area (Å²) in [5.41, 5.74) is 0.155. The summed E-state index contributed by atoms with van der Waals surface area (Å²) in [5, 5.41) is 7.45. The second kappa shape index (κ2) is 6.45. The fourth-order valence-corrected chi connectivity index (χ4v) is 4.36. The van der Waals surface area contributed by atoms with Crippen LogP contribution in [0.15, 0.2) is 4.52 Å². The lowest BCUT2D eigenvalue weighted by molar-refractivity contribution is -0.0930. The molecule has 6 heteroatoms. The Morgan fingerprint density at radius 3 is 3.00 bits per heavy atom. The zero-order valence-corrected chi connectivity index (χ0v) is 12.9. The number of hydrogen-bond donors (Lipinski definition) is 1. The number of ether oxygens (including phenoxy) is 1. The molecule has 112 valence electrons. The van der Waals surface area contributed by atoms with Crippen molar-refractivity contribution < 1.29 is 9.26 Å². The highest BCUT2D eigenvalue weighted by Crippen LogP contribution is 2.37. The molecule has 3 rings (SSSR count). The maximum absolute atomic E-state index is 6.11. The Labute approximate surface area is 124 Å². The van der Waals surface area contributed by atoms with Gasteiger partial charge in [0.2, 0.25) is 5.89 Å². The van der Waals surface area contributed by atoms with E-state index in [0.717, 1.165) is 38.3 Å².